The lowest BCUT2D eigenvalue weighted by Gasteiger charge is -2.18. The molecule has 1 atom stereocenters. The van der Waals surface area contributed by atoms with Crippen molar-refractivity contribution < 1.29 is 28.6 Å². The molecule has 362 valence electrons. The maximum absolute atomic E-state index is 12.8. The van der Waals surface area contributed by atoms with Crippen LogP contribution >= 0.6 is 0 Å². The summed E-state index contributed by atoms with van der Waals surface area (Å²) in [6, 6.07) is 0. The molecule has 0 fully saturated rings. The minimum atomic E-state index is -0.786. The summed E-state index contributed by atoms with van der Waals surface area (Å²) in [4.78, 5) is 37.9. The van der Waals surface area contributed by atoms with Crippen LogP contribution in [0.2, 0.25) is 0 Å². The molecule has 0 N–H and O–H groups in total. The molecule has 0 amide bonds. The zero-order valence-electron chi connectivity index (χ0n) is 41.4. The van der Waals surface area contributed by atoms with Gasteiger partial charge in [-0.2, -0.15) is 0 Å². The molecule has 0 heterocycles. The number of carbonyl (C=O) groups is 3. The fraction of sp³-hybridized carbons (Fsp3) is 0.839. The Morgan fingerprint density at radius 2 is 0.548 bits per heavy atom. The van der Waals surface area contributed by atoms with E-state index in [1.807, 2.05) is 0 Å². The summed E-state index contributed by atoms with van der Waals surface area (Å²) in [5.74, 6) is -0.925. The van der Waals surface area contributed by atoms with Crippen molar-refractivity contribution in [2.45, 2.75) is 290 Å². The largest absolute Gasteiger partial charge is 0.462 e. The first-order valence-electron chi connectivity index (χ1n) is 27.0. The van der Waals surface area contributed by atoms with Gasteiger partial charge in [0, 0.05) is 19.3 Å². The van der Waals surface area contributed by atoms with Crippen LogP contribution in [0.3, 0.4) is 0 Å². The van der Waals surface area contributed by atoms with Crippen molar-refractivity contribution >= 4 is 17.9 Å². The van der Waals surface area contributed by atoms with Crippen LogP contribution in [-0.2, 0) is 28.6 Å². The third-order valence-electron chi connectivity index (χ3n) is 11.8. The first-order valence-corrected chi connectivity index (χ1v) is 27.0. The molecule has 1 unspecified atom stereocenters. The monoisotopic (exact) mass is 871 g/mol. The highest BCUT2D eigenvalue weighted by atomic mass is 16.6. The van der Waals surface area contributed by atoms with Crippen LogP contribution in [0.1, 0.15) is 284 Å². The molecule has 0 saturated heterocycles. The topological polar surface area (TPSA) is 78.9 Å². The predicted molar refractivity (Wildman–Crippen MR) is 266 cm³/mol. The number of unbranched alkanes of at least 4 members (excludes halogenated alkanes) is 32. The molecule has 6 heteroatoms. The average molecular weight is 871 g/mol. The highest BCUT2D eigenvalue weighted by molar-refractivity contribution is 5.71. The molecule has 0 aromatic heterocycles. The van der Waals surface area contributed by atoms with Gasteiger partial charge < -0.3 is 14.2 Å². The van der Waals surface area contributed by atoms with Crippen LogP contribution in [0.4, 0.5) is 0 Å². The van der Waals surface area contributed by atoms with Gasteiger partial charge in [-0.05, 0) is 89.9 Å². The summed E-state index contributed by atoms with van der Waals surface area (Å²) >= 11 is 0. The smallest absolute Gasteiger partial charge is 0.306 e. The van der Waals surface area contributed by atoms with Crippen LogP contribution in [0, 0.1) is 0 Å². The summed E-state index contributed by atoms with van der Waals surface area (Å²) in [6.07, 6.45) is 60.0. The van der Waals surface area contributed by atoms with Crippen LogP contribution < -0.4 is 0 Å². The van der Waals surface area contributed by atoms with Crippen LogP contribution in [-0.4, -0.2) is 37.2 Å². The first kappa shape index (κ1) is 59.6. The summed E-state index contributed by atoms with van der Waals surface area (Å²) in [5.41, 5.74) is 0. The lowest BCUT2D eigenvalue weighted by Crippen LogP contribution is -2.30. The van der Waals surface area contributed by atoms with E-state index in [0.717, 1.165) is 70.6 Å². The van der Waals surface area contributed by atoms with Crippen molar-refractivity contribution in [3.05, 3.63) is 36.5 Å². The number of esters is 3. The number of hydrogen-bond acceptors (Lipinski definition) is 6. The molecule has 0 rings (SSSR count). The quantitative estimate of drug-likeness (QED) is 0.0262. The van der Waals surface area contributed by atoms with Crippen molar-refractivity contribution in [2.75, 3.05) is 13.2 Å². The van der Waals surface area contributed by atoms with Crippen molar-refractivity contribution in [1.29, 1.82) is 0 Å². The highest BCUT2D eigenvalue weighted by Gasteiger charge is 2.19. The molecule has 0 saturated carbocycles. The molecule has 62 heavy (non-hydrogen) atoms. The van der Waals surface area contributed by atoms with E-state index in [1.165, 1.54) is 173 Å². The SMILES string of the molecule is CCCCCC/C=C\CCCC(=O)OCC(COC(=O)CCCCCCCCC/C=C\CCCCCCCCCC)OC(=O)CCCCCCC/C=C\CCCCCCCCC. The zero-order valence-corrected chi connectivity index (χ0v) is 41.4. The summed E-state index contributed by atoms with van der Waals surface area (Å²) in [7, 11) is 0. The fourth-order valence-electron chi connectivity index (χ4n) is 7.73. The zero-order chi connectivity index (χ0) is 45.1. The van der Waals surface area contributed by atoms with Crippen molar-refractivity contribution in [3.63, 3.8) is 0 Å². The lowest BCUT2D eigenvalue weighted by molar-refractivity contribution is -0.167. The molecule has 0 aliphatic carbocycles. The molecule has 0 aliphatic rings. The molecule has 0 aromatic carbocycles. The Bertz CT molecular complexity index is 1050. The van der Waals surface area contributed by atoms with Gasteiger partial charge in [0.25, 0.3) is 0 Å². The van der Waals surface area contributed by atoms with Gasteiger partial charge >= 0.3 is 17.9 Å². The molecule has 0 aliphatic heterocycles. The summed E-state index contributed by atoms with van der Waals surface area (Å²) in [6.45, 7) is 6.59. The van der Waals surface area contributed by atoms with Crippen molar-refractivity contribution in [1.82, 2.24) is 0 Å². The predicted octanol–water partition coefficient (Wildman–Crippen LogP) is 17.7. The minimum absolute atomic E-state index is 0.0847. The maximum Gasteiger partial charge on any atom is 0.306 e. The first-order chi connectivity index (χ1) is 30.5. The Hall–Kier alpha value is -2.37. The second kappa shape index (κ2) is 51.3. The van der Waals surface area contributed by atoms with Gasteiger partial charge in [0.15, 0.2) is 6.10 Å². The van der Waals surface area contributed by atoms with E-state index in [1.54, 1.807) is 0 Å². The van der Waals surface area contributed by atoms with E-state index in [0.29, 0.717) is 19.3 Å². The molecule has 0 aromatic rings. The fourth-order valence-corrected chi connectivity index (χ4v) is 7.73. The van der Waals surface area contributed by atoms with Gasteiger partial charge in [-0.15, -0.1) is 0 Å². The maximum atomic E-state index is 12.8. The molecule has 0 radical (unpaired) electrons. The second-order valence-electron chi connectivity index (χ2n) is 18.1. The number of hydrogen-bond donors (Lipinski definition) is 0. The van der Waals surface area contributed by atoms with Gasteiger partial charge in [0.2, 0.25) is 0 Å². The third-order valence-corrected chi connectivity index (χ3v) is 11.8. The van der Waals surface area contributed by atoms with Gasteiger partial charge in [0.1, 0.15) is 13.2 Å². The van der Waals surface area contributed by atoms with E-state index in [4.69, 9.17) is 14.2 Å². The molecular formula is C56H102O6. The summed E-state index contributed by atoms with van der Waals surface area (Å²) < 4.78 is 16.7. The Balaban J connectivity index is 4.30. The van der Waals surface area contributed by atoms with Crippen molar-refractivity contribution in [3.8, 4) is 0 Å². The van der Waals surface area contributed by atoms with Crippen LogP contribution in [0.5, 0.6) is 0 Å². The Labute approximate surface area is 385 Å². The third kappa shape index (κ3) is 48.7. The minimum Gasteiger partial charge on any atom is -0.462 e. The van der Waals surface area contributed by atoms with Crippen molar-refractivity contribution in [2.24, 2.45) is 0 Å². The van der Waals surface area contributed by atoms with Crippen LogP contribution in [0.15, 0.2) is 36.5 Å². The number of carbonyl (C=O) groups excluding carboxylic acids is 3. The van der Waals surface area contributed by atoms with Gasteiger partial charge in [-0.25, -0.2) is 0 Å². The van der Waals surface area contributed by atoms with Crippen LogP contribution in [0.25, 0.3) is 0 Å². The molecule has 6 nitrogen and oxygen atoms in total. The lowest BCUT2D eigenvalue weighted by atomic mass is 10.1. The second-order valence-corrected chi connectivity index (χ2v) is 18.1. The van der Waals surface area contributed by atoms with E-state index in [9.17, 15) is 14.4 Å². The van der Waals surface area contributed by atoms with E-state index in [-0.39, 0.29) is 31.1 Å². The normalized spacial score (nSPS) is 12.2. The Kier molecular flexibility index (Phi) is 49.3. The van der Waals surface area contributed by atoms with E-state index in [2.05, 4.69) is 57.2 Å². The van der Waals surface area contributed by atoms with Gasteiger partial charge in [-0.1, -0.05) is 211 Å². The number of ether oxygens (including phenoxy) is 3. The van der Waals surface area contributed by atoms with E-state index >= 15 is 0 Å². The van der Waals surface area contributed by atoms with Gasteiger partial charge in [0.05, 0.1) is 0 Å². The molecule has 0 bridgehead atoms. The van der Waals surface area contributed by atoms with E-state index < -0.39 is 6.10 Å². The Morgan fingerprint density at radius 1 is 0.306 bits per heavy atom. The van der Waals surface area contributed by atoms with Gasteiger partial charge in [-0.3, -0.25) is 14.4 Å². The highest BCUT2D eigenvalue weighted by Crippen LogP contribution is 2.15. The standard InChI is InChI=1S/C56H102O6/c1-4-7-10-13-16-19-21-23-25-27-28-29-31-32-34-37-40-43-46-49-55(58)61-52-53(51-60-54(57)48-45-42-39-36-18-15-12-9-6-3)62-56(59)50-47-44-41-38-35-33-30-26-24-22-20-17-14-11-8-5-2/h26-28,30,36,39,53H,4-25,29,31-35,37-38,40-52H2,1-3H3/b28-27-,30-26-,39-36-. The number of rotatable bonds is 49. The summed E-state index contributed by atoms with van der Waals surface area (Å²) in [5, 5.41) is 0. The average Bonchev–Trinajstić information content (AvgIpc) is 3.27. The molecular weight excluding hydrogens is 769 g/mol. The Morgan fingerprint density at radius 3 is 0.887 bits per heavy atom. The molecule has 0 spiro atoms. The number of allylic oxidation sites excluding steroid dienone is 6.